The van der Waals surface area contributed by atoms with Crippen LogP contribution in [0.2, 0.25) is 0 Å². The molecule has 0 aromatic carbocycles. The van der Waals surface area contributed by atoms with Crippen LogP contribution in [0.5, 0.6) is 0 Å². The van der Waals surface area contributed by atoms with Gasteiger partial charge in [-0.1, -0.05) is 12.8 Å². The number of hydrogen-bond donors (Lipinski definition) is 3. The Labute approximate surface area is 180 Å². The Balaban J connectivity index is 1.40. The monoisotopic (exact) mass is 430 g/mol. The normalized spacial score (nSPS) is 30.3. The number of carboxylic acid groups (broad SMARTS) is 1. The molecule has 30 heavy (non-hydrogen) atoms. The van der Waals surface area contributed by atoms with E-state index in [1.807, 2.05) is 0 Å². The molecule has 1 aromatic heterocycles. The highest BCUT2D eigenvalue weighted by molar-refractivity contribution is 7.17. The molecule has 0 aliphatic heterocycles. The molecular formula is C23H30N2O4S. The molecule has 5 aliphatic carbocycles. The summed E-state index contributed by atoms with van der Waals surface area (Å²) in [5.41, 5.74) is 1.73. The molecule has 162 valence electrons. The smallest absolute Gasteiger partial charge is 0.307 e. The van der Waals surface area contributed by atoms with Crippen molar-refractivity contribution in [2.45, 2.75) is 76.7 Å². The van der Waals surface area contributed by atoms with Crippen LogP contribution in [0, 0.1) is 23.7 Å². The fourth-order valence-electron chi connectivity index (χ4n) is 6.44. The maximum absolute atomic E-state index is 13.3. The molecule has 2 atom stereocenters. The zero-order valence-electron chi connectivity index (χ0n) is 17.2. The summed E-state index contributed by atoms with van der Waals surface area (Å²) < 4.78 is 0. The number of aliphatic carboxylic acids is 1. The molecule has 6 nitrogen and oxygen atoms in total. The van der Waals surface area contributed by atoms with Crippen LogP contribution >= 0.6 is 11.3 Å². The van der Waals surface area contributed by atoms with Gasteiger partial charge in [-0.05, 0) is 75.2 Å². The van der Waals surface area contributed by atoms with Gasteiger partial charge in [-0.25, -0.2) is 0 Å². The lowest BCUT2D eigenvalue weighted by Gasteiger charge is -2.45. The zero-order chi connectivity index (χ0) is 20.8. The predicted octanol–water partition coefficient (Wildman–Crippen LogP) is 3.98. The molecule has 2 bridgehead atoms. The van der Waals surface area contributed by atoms with Gasteiger partial charge in [-0.3, -0.25) is 14.4 Å². The molecule has 1 heterocycles. The summed E-state index contributed by atoms with van der Waals surface area (Å²) in [6.45, 7) is 0. The van der Waals surface area contributed by atoms with Crippen molar-refractivity contribution in [3.63, 3.8) is 0 Å². The Bertz CT molecular complexity index is 865. The number of thiophene rings is 1. The molecule has 1 aromatic rings. The molecule has 2 unspecified atom stereocenters. The van der Waals surface area contributed by atoms with E-state index in [0.717, 1.165) is 76.2 Å². The minimum absolute atomic E-state index is 0.0726. The standard InChI is InChI=1S/C23H30N2O4S/c26-20(17-12-8-10-13(11-9-12)18(17)23(28)29)25-22-19(15-6-3-7-16(15)30-22)21(27)24-14-4-1-2-5-14/h12-14,17-18H,1-11H2,(H,24,27)(H,25,26)(H,28,29). The summed E-state index contributed by atoms with van der Waals surface area (Å²) >= 11 is 1.52. The lowest BCUT2D eigenvalue weighted by atomic mass is 9.58. The quantitative estimate of drug-likeness (QED) is 0.658. The van der Waals surface area contributed by atoms with E-state index in [0.29, 0.717) is 10.6 Å². The van der Waals surface area contributed by atoms with Crippen LogP contribution in [0.3, 0.4) is 0 Å². The van der Waals surface area contributed by atoms with Crippen LogP contribution in [0.4, 0.5) is 5.00 Å². The molecule has 4 saturated carbocycles. The van der Waals surface area contributed by atoms with Gasteiger partial charge in [0, 0.05) is 10.9 Å². The van der Waals surface area contributed by atoms with E-state index in [2.05, 4.69) is 10.6 Å². The SMILES string of the molecule is O=C(NC1CCCC1)c1c(NC(=O)C2C3CCC(CC3)C2C(=O)O)sc2c1CCC2. The van der Waals surface area contributed by atoms with E-state index in [9.17, 15) is 19.5 Å². The van der Waals surface area contributed by atoms with Crippen molar-refractivity contribution in [1.82, 2.24) is 5.32 Å². The summed E-state index contributed by atoms with van der Waals surface area (Å²) in [5.74, 6) is -1.97. The first-order chi connectivity index (χ1) is 14.5. The average Bonchev–Trinajstić information content (AvgIpc) is 3.45. The number of carbonyl (C=O) groups excluding carboxylic acids is 2. The van der Waals surface area contributed by atoms with Crippen LogP contribution in [-0.4, -0.2) is 28.9 Å². The van der Waals surface area contributed by atoms with Crippen molar-refractivity contribution < 1.29 is 19.5 Å². The number of carboxylic acids is 1. The summed E-state index contributed by atoms with van der Waals surface area (Å²) in [6.07, 6.45) is 10.9. The third kappa shape index (κ3) is 3.45. The Kier molecular flexibility index (Phi) is 5.33. The molecule has 3 N–H and O–H groups in total. The van der Waals surface area contributed by atoms with Gasteiger partial charge in [0.15, 0.2) is 0 Å². The number of anilines is 1. The summed E-state index contributed by atoms with van der Waals surface area (Å²) in [5, 5.41) is 16.7. The van der Waals surface area contributed by atoms with Gasteiger partial charge in [0.1, 0.15) is 5.00 Å². The largest absolute Gasteiger partial charge is 0.481 e. The highest BCUT2D eigenvalue weighted by Crippen LogP contribution is 2.50. The van der Waals surface area contributed by atoms with E-state index < -0.39 is 17.8 Å². The Morgan fingerprint density at radius 3 is 2.20 bits per heavy atom. The second kappa shape index (κ2) is 7.98. The summed E-state index contributed by atoms with van der Waals surface area (Å²) in [4.78, 5) is 39.6. The van der Waals surface area contributed by atoms with Gasteiger partial charge in [-0.2, -0.15) is 0 Å². The van der Waals surface area contributed by atoms with Gasteiger partial charge in [0.2, 0.25) is 5.91 Å². The second-order valence-corrected chi connectivity index (χ2v) is 10.7. The zero-order valence-corrected chi connectivity index (χ0v) is 18.1. The first kappa shape index (κ1) is 20.0. The Morgan fingerprint density at radius 1 is 0.867 bits per heavy atom. The topological polar surface area (TPSA) is 95.5 Å². The van der Waals surface area contributed by atoms with E-state index in [1.165, 1.54) is 16.2 Å². The maximum atomic E-state index is 13.3. The van der Waals surface area contributed by atoms with Crippen molar-refractivity contribution in [2.75, 3.05) is 5.32 Å². The highest BCUT2D eigenvalue weighted by atomic mass is 32.1. The van der Waals surface area contributed by atoms with Crippen molar-refractivity contribution in [1.29, 1.82) is 0 Å². The Hall–Kier alpha value is -1.89. The second-order valence-electron chi connectivity index (χ2n) is 9.57. The van der Waals surface area contributed by atoms with Crippen molar-refractivity contribution in [3.8, 4) is 0 Å². The highest BCUT2D eigenvalue weighted by Gasteiger charge is 2.50. The van der Waals surface area contributed by atoms with Crippen LogP contribution in [0.15, 0.2) is 0 Å². The van der Waals surface area contributed by atoms with Gasteiger partial charge < -0.3 is 15.7 Å². The van der Waals surface area contributed by atoms with Gasteiger partial charge in [-0.15, -0.1) is 11.3 Å². The van der Waals surface area contributed by atoms with E-state index in [-0.39, 0.29) is 29.7 Å². The Morgan fingerprint density at radius 2 is 1.53 bits per heavy atom. The molecular weight excluding hydrogens is 400 g/mol. The molecule has 0 radical (unpaired) electrons. The van der Waals surface area contributed by atoms with Crippen LogP contribution in [-0.2, 0) is 22.4 Å². The molecule has 4 fully saturated rings. The van der Waals surface area contributed by atoms with E-state index in [4.69, 9.17) is 0 Å². The molecule has 5 aliphatic rings. The van der Waals surface area contributed by atoms with Crippen molar-refractivity contribution in [2.24, 2.45) is 23.7 Å². The molecule has 7 heteroatoms. The lowest BCUT2D eigenvalue weighted by molar-refractivity contribution is -0.156. The number of carbonyl (C=O) groups is 3. The first-order valence-electron chi connectivity index (χ1n) is 11.5. The summed E-state index contributed by atoms with van der Waals surface area (Å²) in [6, 6.07) is 0.225. The molecule has 0 saturated heterocycles. The van der Waals surface area contributed by atoms with Crippen molar-refractivity contribution in [3.05, 3.63) is 16.0 Å². The summed E-state index contributed by atoms with van der Waals surface area (Å²) in [7, 11) is 0. The fraction of sp³-hybridized carbons (Fsp3) is 0.696. The minimum atomic E-state index is -0.850. The van der Waals surface area contributed by atoms with Gasteiger partial charge in [0.05, 0.1) is 17.4 Å². The van der Waals surface area contributed by atoms with Gasteiger partial charge >= 0.3 is 5.97 Å². The lowest BCUT2D eigenvalue weighted by Crippen LogP contribution is -2.49. The number of nitrogens with one attached hydrogen (secondary N) is 2. The maximum Gasteiger partial charge on any atom is 0.307 e. The predicted molar refractivity (Wildman–Crippen MR) is 115 cm³/mol. The number of aryl methyl sites for hydroxylation is 1. The van der Waals surface area contributed by atoms with Crippen LogP contribution < -0.4 is 10.6 Å². The molecule has 6 rings (SSSR count). The van der Waals surface area contributed by atoms with E-state index in [1.54, 1.807) is 0 Å². The molecule has 2 amide bonds. The number of amides is 2. The van der Waals surface area contributed by atoms with Gasteiger partial charge in [0.25, 0.3) is 5.91 Å². The number of fused-ring (bicyclic) bond motifs is 4. The third-order valence-corrected chi connectivity index (χ3v) is 9.09. The first-order valence-corrected chi connectivity index (χ1v) is 12.3. The van der Waals surface area contributed by atoms with Crippen molar-refractivity contribution >= 4 is 34.1 Å². The van der Waals surface area contributed by atoms with E-state index >= 15 is 0 Å². The average molecular weight is 431 g/mol. The van der Waals surface area contributed by atoms with Crippen LogP contribution in [0.1, 0.15) is 78.6 Å². The number of rotatable bonds is 5. The third-order valence-electron chi connectivity index (χ3n) is 7.88. The fourth-order valence-corrected chi connectivity index (χ4v) is 7.73. The van der Waals surface area contributed by atoms with Crippen LogP contribution in [0.25, 0.3) is 0 Å². The minimum Gasteiger partial charge on any atom is -0.481 e. The number of hydrogen-bond acceptors (Lipinski definition) is 4. The molecule has 0 spiro atoms.